The molecule has 0 aliphatic carbocycles. The summed E-state index contributed by atoms with van der Waals surface area (Å²) in [4.78, 5) is 3.99. The molecule has 9 heteroatoms. The summed E-state index contributed by atoms with van der Waals surface area (Å²) in [6.45, 7) is 1.86. The van der Waals surface area contributed by atoms with Crippen LogP contribution in [0.5, 0.6) is 0 Å². The maximum atomic E-state index is 15.0. The smallest absolute Gasteiger partial charge is 0.184 e. The number of thiocarbonyl (C=S) groups is 1. The third-order valence-corrected chi connectivity index (χ3v) is 5.88. The third-order valence-electron chi connectivity index (χ3n) is 5.79. The Hall–Kier alpha value is -3.43. The molecule has 1 saturated heterocycles. The second-order valence-electron chi connectivity index (χ2n) is 7.99. The van der Waals surface area contributed by atoms with Crippen molar-refractivity contribution in [2.75, 3.05) is 24.5 Å². The Bertz CT molecular complexity index is 1190. The van der Waals surface area contributed by atoms with Crippen molar-refractivity contribution in [1.29, 1.82) is 0 Å². The van der Waals surface area contributed by atoms with Gasteiger partial charge in [0.05, 0.1) is 17.9 Å². The van der Waals surface area contributed by atoms with Crippen LogP contribution in [0.4, 0.5) is 18.9 Å². The number of hydrazone groups is 1. The Morgan fingerprint density at radius 2 is 1.74 bits per heavy atom. The monoisotopic (exact) mass is 483 g/mol. The zero-order chi connectivity index (χ0) is 24.1. The summed E-state index contributed by atoms with van der Waals surface area (Å²) in [7, 11) is 0. The first-order valence-electron chi connectivity index (χ1n) is 10.8. The predicted molar refractivity (Wildman–Crippen MR) is 132 cm³/mol. The second kappa shape index (κ2) is 10.7. The van der Waals surface area contributed by atoms with E-state index in [2.05, 4.69) is 27.6 Å². The fourth-order valence-corrected chi connectivity index (χ4v) is 4.18. The number of anilines is 1. The van der Waals surface area contributed by atoms with Crippen LogP contribution in [0.1, 0.15) is 22.7 Å². The Balaban J connectivity index is 1.59. The van der Waals surface area contributed by atoms with Gasteiger partial charge in [-0.1, -0.05) is 48.5 Å². The zero-order valence-corrected chi connectivity index (χ0v) is 19.1. The molecule has 1 aliphatic heterocycles. The molecular weight excluding hydrogens is 459 g/mol. The highest BCUT2D eigenvalue weighted by Gasteiger charge is 2.30. The van der Waals surface area contributed by atoms with Crippen molar-refractivity contribution >= 4 is 29.2 Å². The van der Waals surface area contributed by atoms with Crippen LogP contribution in [-0.4, -0.2) is 35.9 Å². The van der Waals surface area contributed by atoms with Crippen LogP contribution < -0.4 is 16.1 Å². The van der Waals surface area contributed by atoms with Gasteiger partial charge in [-0.05, 0) is 29.9 Å². The molecule has 0 bridgehead atoms. The fourth-order valence-electron chi connectivity index (χ4n) is 4.12. The normalized spacial score (nSPS) is 16.7. The van der Waals surface area contributed by atoms with Gasteiger partial charge in [0.25, 0.3) is 0 Å². The van der Waals surface area contributed by atoms with Crippen molar-refractivity contribution in [3.05, 3.63) is 101 Å². The summed E-state index contributed by atoms with van der Waals surface area (Å²) in [5.74, 6) is -1.44. The van der Waals surface area contributed by atoms with E-state index in [1.165, 1.54) is 12.1 Å². The van der Waals surface area contributed by atoms with Gasteiger partial charge in [-0.25, -0.2) is 13.2 Å². The molecule has 0 aromatic heterocycles. The maximum absolute atomic E-state index is 15.0. The molecule has 1 aliphatic rings. The van der Waals surface area contributed by atoms with Crippen molar-refractivity contribution in [2.45, 2.75) is 12.6 Å². The van der Waals surface area contributed by atoms with E-state index in [1.54, 1.807) is 12.1 Å². The lowest BCUT2D eigenvalue weighted by atomic mass is 10.0. The van der Waals surface area contributed by atoms with Crippen LogP contribution in [-0.2, 0) is 6.54 Å². The first kappa shape index (κ1) is 23.7. The summed E-state index contributed by atoms with van der Waals surface area (Å²) >= 11 is 4.64. The molecule has 176 valence electrons. The highest BCUT2D eigenvalue weighted by Crippen LogP contribution is 2.32. The summed E-state index contributed by atoms with van der Waals surface area (Å²) in [5, 5.41) is 3.62. The summed E-state index contributed by atoms with van der Waals surface area (Å²) in [6, 6.07) is 18.6. The molecule has 0 spiro atoms. The number of hydrogen-bond donors (Lipinski definition) is 2. The number of nitrogens with one attached hydrogen (secondary N) is 1. The Morgan fingerprint density at radius 3 is 2.47 bits per heavy atom. The highest BCUT2D eigenvalue weighted by molar-refractivity contribution is 7.80. The van der Waals surface area contributed by atoms with E-state index in [1.807, 2.05) is 41.3 Å². The third kappa shape index (κ3) is 5.55. The largest absolute Gasteiger partial charge is 0.375 e. The molecule has 5 nitrogen and oxygen atoms in total. The Labute approximate surface area is 201 Å². The lowest BCUT2D eigenvalue weighted by molar-refractivity contribution is 0.166. The van der Waals surface area contributed by atoms with E-state index in [9.17, 15) is 8.78 Å². The van der Waals surface area contributed by atoms with E-state index in [0.29, 0.717) is 31.7 Å². The zero-order valence-electron chi connectivity index (χ0n) is 18.3. The number of nitrogens with zero attached hydrogens (tertiary/aromatic N) is 3. The predicted octanol–water partition coefficient (Wildman–Crippen LogP) is 4.33. The standard InChI is InChI=1S/C25H24F3N5S/c26-20-9-5-4-8-18(20)15-32-10-11-33(16-24(32)17-6-2-1-3-7-17)23-13-21(27)19(12-22(23)28)14-30-31-25(29)34/h1-9,12-14,24H,10-11,15-16H2,(H3,29,31,34)/t24-/m0/s1. The average molecular weight is 484 g/mol. The molecule has 1 atom stereocenters. The highest BCUT2D eigenvalue weighted by atomic mass is 32.1. The van der Waals surface area contributed by atoms with Crippen LogP contribution in [0.3, 0.4) is 0 Å². The molecule has 3 aromatic rings. The average Bonchev–Trinajstić information content (AvgIpc) is 2.83. The van der Waals surface area contributed by atoms with Gasteiger partial charge in [0.15, 0.2) is 5.11 Å². The van der Waals surface area contributed by atoms with Gasteiger partial charge in [0.2, 0.25) is 0 Å². The Kier molecular flexibility index (Phi) is 7.44. The summed E-state index contributed by atoms with van der Waals surface area (Å²) in [5.41, 5.74) is 9.37. The van der Waals surface area contributed by atoms with Gasteiger partial charge >= 0.3 is 0 Å². The van der Waals surface area contributed by atoms with E-state index >= 15 is 4.39 Å². The van der Waals surface area contributed by atoms with Crippen molar-refractivity contribution in [2.24, 2.45) is 10.8 Å². The maximum Gasteiger partial charge on any atom is 0.184 e. The molecule has 0 unspecified atom stereocenters. The van der Waals surface area contributed by atoms with Crippen molar-refractivity contribution < 1.29 is 13.2 Å². The number of piperazine rings is 1. The molecule has 0 saturated carbocycles. The lowest BCUT2D eigenvalue weighted by Gasteiger charge is -2.43. The number of rotatable bonds is 6. The lowest BCUT2D eigenvalue weighted by Crippen LogP contribution is -2.48. The first-order chi connectivity index (χ1) is 16.4. The molecule has 0 amide bonds. The second-order valence-corrected chi connectivity index (χ2v) is 8.43. The molecule has 34 heavy (non-hydrogen) atoms. The minimum atomic E-state index is -0.616. The molecule has 1 heterocycles. The van der Waals surface area contributed by atoms with Crippen molar-refractivity contribution in [1.82, 2.24) is 10.3 Å². The minimum Gasteiger partial charge on any atom is -0.375 e. The van der Waals surface area contributed by atoms with Crippen LogP contribution in [0, 0.1) is 17.5 Å². The van der Waals surface area contributed by atoms with E-state index in [4.69, 9.17) is 5.73 Å². The topological polar surface area (TPSA) is 56.9 Å². The fraction of sp³-hybridized carbons (Fsp3) is 0.200. The van der Waals surface area contributed by atoms with Crippen LogP contribution in [0.15, 0.2) is 71.8 Å². The number of nitrogens with two attached hydrogens (primary N) is 1. The molecule has 0 radical (unpaired) electrons. The van der Waals surface area contributed by atoms with Crippen LogP contribution in [0.25, 0.3) is 0 Å². The van der Waals surface area contributed by atoms with Gasteiger partial charge < -0.3 is 10.6 Å². The molecule has 1 fully saturated rings. The summed E-state index contributed by atoms with van der Waals surface area (Å²) < 4.78 is 44.1. The quantitative estimate of drug-likeness (QED) is 0.311. The SMILES string of the molecule is NC(=S)NN=Cc1cc(F)c(N2CCN(Cc3ccccc3F)[C@H](c3ccccc3)C2)cc1F. The van der Waals surface area contributed by atoms with Crippen molar-refractivity contribution in [3.8, 4) is 0 Å². The number of halogens is 3. The number of hydrogen-bond acceptors (Lipinski definition) is 4. The summed E-state index contributed by atoms with van der Waals surface area (Å²) in [6.07, 6.45) is 1.13. The van der Waals surface area contributed by atoms with Gasteiger partial charge in [0, 0.05) is 43.4 Å². The van der Waals surface area contributed by atoms with Gasteiger partial charge in [-0.3, -0.25) is 10.3 Å². The number of benzene rings is 3. The molecule has 3 N–H and O–H groups in total. The first-order valence-corrected chi connectivity index (χ1v) is 11.2. The Morgan fingerprint density at radius 1 is 1.00 bits per heavy atom. The van der Waals surface area contributed by atoms with Crippen molar-refractivity contribution in [3.63, 3.8) is 0 Å². The van der Waals surface area contributed by atoms with Crippen LogP contribution in [0.2, 0.25) is 0 Å². The van der Waals surface area contributed by atoms with E-state index in [0.717, 1.165) is 17.8 Å². The van der Waals surface area contributed by atoms with Gasteiger partial charge in [-0.15, -0.1) is 0 Å². The molecule has 3 aromatic carbocycles. The van der Waals surface area contributed by atoms with E-state index < -0.39 is 11.6 Å². The van der Waals surface area contributed by atoms with Gasteiger partial charge in [-0.2, -0.15) is 5.10 Å². The van der Waals surface area contributed by atoms with Gasteiger partial charge in [0.1, 0.15) is 17.5 Å². The van der Waals surface area contributed by atoms with Crippen LogP contribution >= 0.6 is 12.2 Å². The minimum absolute atomic E-state index is 0.0252. The molecular formula is C25H24F3N5S. The van der Waals surface area contributed by atoms with E-state index in [-0.39, 0.29) is 28.2 Å². The molecule has 4 rings (SSSR count).